The first-order chi connectivity index (χ1) is 12.6. The topological polar surface area (TPSA) is 90.7 Å². The van der Waals surface area contributed by atoms with Crippen LogP contribution in [-0.4, -0.2) is 31.4 Å². The third kappa shape index (κ3) is 6.57. The lowest BCUT2D eigenvalue weighted by atomic mass is 10.1. The molecule has 0 saturated carbocycles. The predicted octanol–water partition coefficient (Wildman–Crippen LogP) is 3.02. The first-order valence-corrected chi connectivity index (χ1v) is 8.55. The van der Waals surface area contributed by atoms with Crippen LogP contribution in [0.5, 0.6) is 11.5 Å². The zero-order valence-corrected chi connectivity index (χ0v) is 14.9. The number of carbonyl (C=O) groups excluding carboxylic acids is 2. The molecule has 6 nitrogen and oxygen atoms in total. The van der Waals surface area contributed by atoms with E-state index in [-0.39, 0.29) is 11.7 Å². The molecule has 0 heterocycles. The predicted molar refractivity (Wildman–Crippen MR) is 101 cm³/mol. The van der Waals surface area contributed by atoms with Gasteiger partial charge < -0.3 is 20.5 Å². The maximum absolute atomic E-state index is 12.0. The lowest BCUT2D eigenvalue weighted by Crippen LogP contribution is -2.13. The van der Waals surface area contributed by atoms with Gasteiger partial charge in [0.2, 0.25) is 5.91 Å². The van der Waals surface area contributed by atoms with Crippen LogP contribution < -0.4 is 20.5 Å². The molecule has 0 fully saturated rings. The van der Waals surface area contributed by atoms with E-state index in [1.165, 1.54) is 6.92 Å². The van der Waals surface area contributed by atoms with Crippen LogP contribution in [0, 0.1) is 0 Å². The molecule has 0 saturated heterocycles. The summed E-state index contributed by atoms with van der Waals surface area (Å²) in [5.41, 5.74) is 6.70. The number of ether oxygens (including phenoxy) is 2. The second-order valence-electron chi connectivity index (χ2n) is 5.75. The Hall–Kier alpha value is -2.86. The fourth-order valence-electron chi connectivity index (χ4n) is 2.26. The van der Waals surface area contributed by atoms with Crippen molar-refractivity contribution in [1.82, 2.24) is 0 Å². The van der Waals surface area contributed by atoms with E-state index in [0.717, 1.165) is 5.75 Å². The smallest absolute Gasteiger partial charge is 0.224 e. The third-order valence-electron chi connectivity index (χ3n) is 3.58. The van der Waals surface area contributed by atoms with Crippen LogP contribution in [0.3, 0.4) is 0 Å². The highest BCUT2D eigenvalue weighted by Gasteiger charge is 2.04. The number of amides is 1. The Morgan fingerprint density at radius 3 is 2.42 bits per heavy atom. The Morgan fingerprint density at radius 1 is 1.00 bits per heavy atom. The molecule has 2 aromatic carbocycles. The lowest BCUT2D eigenvalue weighted by molar-refractivity contribution is -0.116. The number of nitrogens with two attached hydrogens (primary N) is 1. The van der Waals surface area contributed by atoms with E-state index in [0.29, 0.717) is 49.6 Å². The van der Waals surface area contributed by atoms with Crippen LogP contribution in [0.25, 0.3) is 0 Å². The molecule has 3 N–H and O–H groups in total. The highest BCUT2D eigenvalue weighted by molar-refractivity contribution is 5.94. The quantitative estimate of drug-likeness (QED) is 0.504. The maximum Gasteiger partial charge on any atom is 0.224 e. The number of Topliss-reactive ketones (excluding diaryl/α,β-unsaturated/α-hetero) is 1. The van der Waals surface area contributed by atoms with E-state index in [1.807, 2.05) is 0 Å². The van der Waals surface area contributed by atoms with Crippen molar-refractivity contribution < 1.29 is 19.1 Å². The van der Waals surface area contributed by atoms with Crippen molar-refractivity contribution in [3.05, 3.63) is 54.1 Å². The van der Waals surface area contributed by atoms with E-state index in [9.17, 15) is 9.59 Å². The number of hydrogen-bond donors (Lipinski definition) is 2. The van der Waals surface area contributed by atoms with E-state index < -0.39 is 0 Å². The average molecular weight is 356 g/mol. The Balaban J connectivity index is 1.70. The van der Waals surface area contributed by atoms with E-state index in [1.54, 1.807) is 48.5 Å². The molecule has 2 aromatic rings. The third-order valence-corrected chi connectivity index (χ3v) is 3.58. The summed E-state index contributed by atoms with van der Waals surface area (Å²) in [6, 6.07) is 14.2. The minimum atomic E-state index is -0.0817. The molecule has 0 aliphatic carbocycles. The summed E-state index contributed by atoms with van der Waals surface area (Å²) >= 11 is 0. The van der Waals surface area contributed by atoms with Crippen molar-refractivity contribution in [2.24, 2.45) is 5.73 Å². The van der Waals surface area contributed by atoms with Gasteiger partial charge in [-0.1, -0.05) is 12.1 Å². The van der Waals surface area contributed by atoms with Gasteiger partial charge in [-0.25, -0.2) is 0 Å². The summed E-state index contributed by atoms with van der Waals surface area (Å²) in [4.78, 5) is 23.3. The van der Waals surface area contributed by atoms with E-state index >= 15 is 0 Å². The number of rotatable bonds is 10. The summed E-state index contributed by atoms with van der Waals surface area (Å²) in [6.07, 6.45) is 0.922. The van der Waals surface area contributed by atoms with Gasteiger partial charge in [0.05, 0.1) is 6.61 Å². The summed E-state index contributed by atoms with van der Waals surface area (Å²) < 4.78 is 11.0. The highest BCUT2D eigenvalue weighted by atomic mass is 16.5. The molecule has 6 heteroatoms. The van der Waals surface area contributed by atoms with Gasteiger partial charge in [-0.05, 0) is 49.7 Å². The first kappa shape index (κ1) is 19.5. The second kappa shape index (κ2) is 10.2. The molecule has 0 radical (unpaired) electrons. The molecule has 0 aliphatic rings. The van der Waals surface area contributed by atoms with E-state index in [2.05, 4.69) is 5.32 Å². The summed E-state index contributed by atoms with van der Waals surface area (Å²) in [5.74, 6) is 1.26. The fourth-order valence-corrected chi connectivity index (χ4v) is 2.26. The standard InChI is InChI=1S/C20H24N2O4/c1-15(23)16-4-2-5-19(14-16)25-12-3-6-20(24)22-17-7-9-18(10-8-17)26-13-11-21/h2,4-5,7-10,14H,3,6,11-13,21H2,1H3,(H,22,24). The van der Waals surface area contributed by atoms with Crippen molar-refractivity contribution in [3.63, 3.8) is 0 Å². The molecular formula is C20H24N2O4. The molecule has 1 amide bonds. The van der Waals surface area contributed by atoms with Crippen molar-refractivity contribution in [2.75, 3.05) is 25.1 Å². The van der Waals surface area contributed by atoms with Crippen LogP contribution >= 0.6 is 0 Å². The summed E-state index contributed by atoms with van der Waals surface area (Å²) in [5, 5.41) is 2.83. The Labute approximate surface area is 153 Å². The number of hydrogen-bond acceptors (Lipinski definition) is 5. The molecule has 0 atom stereocenters. The normalized spacial score (nSPS) is 10.2. The number of nitrogens with one attached hydrogen (secondary N) is 1. The van der Waals surface area contributed by atoms with Crippen molar-refractivity contribution in [1.29, 1.82) is 0 Å². The molecule has 0 aromatic heterocycles. The van der Waals surface area contributed by atoms with Gasteiger partial charge in [-0.3, -0.25) is 9.59 Å². The van der Waals surface area contributed by atoms with Gasteiger partial charge in [0, 0.05) is 24.2 Å². The molecule has 2 rings (SSSR count). The molecule has 0 unspecified atom stereocenters. The number of benzene rings is 2. The lowest BCUT2D eigenvalue weighted by Gasteiger charge is -2.09. The Kier molecular flexibility index (Phi) is 7.64. The monoisotopic (exact) mass is 356 g/mol. The first-order valence-electron chi connectivity index (χ1n) is 8.55. The SMILES string of the molecule is CC(=O)c1cccc(OCCCC(=O)Nc2ccc(OCCN)cc2)c1. The molecule has 0 aliphatic heterocycles. The highest BCUT2D eigenvalue weighted by Crippen LogP contribution is 2.16. The zero-order valence-electron chi connectivity index (χ0n) is 14.9. The summed E-state index contributed by atoms with van der Waals surface area (Å²) in [6.45, 7) is 2.83. The van der Waals surface area contributed by atoms with Gasteiger partial charge in [0.25, 0.3) is 0 Å². The van der Waals surface area contributed by atoms with Crippen molar-refractivity contribution >= 4 is 17.4 Å². The number of anilines is 1. The molecule has 0 bridgehead atoms. The number of ketones is 1. The fraction of sp³-hybridized carbons (Fsp3) is 0.300. The maximum atomic E-state index is 12.0. The molecular weight excluding hydrogens is 332 g/mol. The Bertz CT molecular complexity index is 729. The van der Waals surface area contributed by atoms with Crippen molar-refractivity contribution in [2.45, 2.75) is 19.8 Å². The molecule has 138 valence electrons. The minimum Gasteiger partial charge on any atom is -0.494 e. The van der Waals surface area contributed by atoms with Crippen LogP contribution in [0.2, 0.25) is 0 Å². The Morgan fingerprint density at radius 2 is 1.73 bits per heavy atom. The molecule has 0 spiro atoms. The average Bonchev–Trinajstić information content (AvgIpc) is 2.65. The van der Waals surface area contributed by atoms with Gasteiger partial charge in [0.15, 0.2) is 5.78 Å². The summed E-state index contributed by atoms with van der Waals surface area (Å²) in [7, 11) is 0. The van der Waals surface area contributed by atoms with E-state index in [4.69, 9.17) is 15.2 Å². The number of carbonyl (C=O) groups is 2. The van der Waals surface area contributed by atoms with Gasteiger partial charge in [-0.15, -0.1) is 0 Å². The zero-order chi connectivity index (χ0) is 18.8. The van der Waals surface area contributed by atoms with Gasteiger partial charge >= 0.3 is 0 Å². The largest absolute Gasteiger partial charge is 0.494 e. The molecule has 26 heavy (non-hydrogen) atoms. The van der Waals surface area contributed by atoms with Crippen LogP contribution in [0.1, 0.15) is 30.1 Å². The second-order valence-corrected chi connectivity index (χ2v) is 5.75. The minimum absolute atomic E-state index is 0.00530. The van der Waals surface area contributed by atoms with Crippen LogP contribution in [-0.2, 0) is 4.79 Å². The van der Waals surface area contributed by atoms with Gasteiger partial charge in [0.1, 0.15) is 18.1 Å². The van der Waals surface area contributed by atoms with Crippen LogP contribution in [0.15, 0.2) is 48.5 Å². The van der Waals surface area contributed by atoms with Gasteiger partial charge in [-0.2, -0.15) is 0 Å². The van der Waals surface area contributed by atoms with Crippen molar-refractivity contribution in [3.8, 4) is 11.5 Å². The van der Waals surface area contributed by atoms with Crippen LogP contribution in [0.4, 0.5) is 5.69 Å².